The van der Waals surface area contributed by atoms with Crippen LogP contribution in [-0.2, 0) is 6.18 Å². The number of carbonyl (C=O) groups excluding carboxylic acids is 1. The fraction of sp³-hybridized carbons (Fsp3) is 0.222. The Labute approximate surface area is 177 Å². The summed E-state index contributed by atoms with van der Waals surface area (Å²) in [4.78, 5) is 12.3. The SMILES string of the molecule is COc1ccc(-n2ncc(C(=O)NCCOc3cccc(Br)c3)c2C(F)(F)F)nn1. The molecule has 0 spiro atoms. The molecular formula is C18H15BrF3N5O3. The van der Waals surface area contributed by atoms with Gasteiger partial charge in [-0.05, 0) is 24.3 Å². The lowest BCUT2D eigenvalue weighted by atomic mass is 10.2. The number of carbonyl (C=O) groups is 1. The smallest absolute Gasteiger partial charge is 0.434 e. The minimum atomic E-state index is -4.85. The van der Waals surface area contributed by atoms with Crippen molar-refractivity contribution in [3.63, 3.8) is 0 Å². The van der Waals surface area contributed by atoms with Crippen LogP contribution in [0.25, 0.3) is 5.82 Å². The Hall–Kier alpha value is -3.15. The predicted molar refractivity (Wildman–Crippen MR) is 103 cm³/mol. The number of ether oxygens (including phenoxy) is 2. The first kappa shape index (κ1) is 21.6. The zero-order valence-corrected chi connectivity index (χ0v) is 17.1. The monoisotopic (exact) mass is 485 g/mol. The maximum absolute atomic E-state index is 13.6. The second kappa shape index (κ2) is 9.11. The van der Waals surface area contributed by atoms with Crippen molar-refractivity contribution in [2.45, 2.75) is 6.18 Å². The summed E-state index contributed by atoms with van der Waals surface area (Å²) in [5.41, 5.74) is -1.89. The average molecular weight is 486 g/mol. The van der Waals surface area contributed by atoms with Gasteiger partial charge in [0.2, 0.25) is 5.88 Å². The van der Waals surface area contributed by atoms with E-state index in [-0.39, 0.29) is 24.8 Å². The Morgan fingerprint density at radius 2 is 2.03 bits per heavy atom. The minimum Gasteiger partial charge on any atom is -0.492 e. The van der Waals surface area contributed by atoms with Crippen LogP contribution < -0.4 is 14.8 Å². The van der Waals surface area contributed by atoms with Gasteiger partial charge in [-0.25, -0.2) is 4.68 Å². The molecule has 158 valence electrons. The molecule has 0 unspecified atom stereocenters. The van der Waals surface area contributed by atoms with Crippen LogP contribution in [0.5, 0.6) is 11.6 Å². The summed E-state index contributed by atoms with van der Waals surface area (Å²) in [6, 6.07) is 9.62. The van der Waals surface area contributed by atoms with E-state index in [1.54, 1.807) is 18.2 Å². The molecule has 0 saturated carbocycles. The Bertz CT molecular complexity index is 1020. The first-order chi connectivity index (χ1) is 14.3. The van der Waals surface area contributed by atoms with E-state index in [1.165, 1.54) is 19.2 Å². The highest BCUT2D eigenvalue weighted by atomic mass is 79.9. The fourth-order valence-corrected chi connectivity index (χ4v) is 2.86. The Morgan fingerprint density at radius 1 is 1.23 bits per heavy atom. The second-order valence-electron chi connectivity index (χ2n) is 5.81. The summed E-state index contributed by atoms with van der Waals surface area (Å²) < 4.78 is 52.5. The van der Waals surface area contributed by atoms with Crippen molar-refractivity contribution in [3.05, 3.63) is 58.3 Å². The molecule has 2 aromatic heterocycles. The number of halogens is 4. The zero-order valence-electron chi connectivity index (χ0n) is 15.5. The molecule has 1 N–H and O–H groups in total. The molecule has 3 aromatic rings. The van der Waals surface area contributed by atoms with Gasteiger partial charge in [-0.2, -0.15) is 18.3 Å². The summed E-state index contributed by atoms with van der Waals surface area (Å²) in [7, 11) is 1.35. The van der Waals surface area contributed by atoms with E-state index in [2.05, 4.69) is 36.5 Å². The van der Waals surface area contributed by atoms with Gasteiger partial charge in [-0.15, -0.1) is 10.2 Å². The molecule has 0 aliphatic heterocycles. The van der Waals surface area contributed by atoms with Crippen molar-refractivity contribution in [2.24, 2.45) is 0 Å². The van der Waals surface area contributed by atoms with Crippen molar-refractivity contribution in [1.29, 1.82) is 0 Å². The molecule has 0 aliphatic rings. The molecule has 0 radical (unpaired) electrons. The molecule has 0 fully saturated rings. The van der Waals surface area contributed by atoms with Gasteiger partial charge in [0, 0.05) is 10.5 Å². The number of benzene rings is 1. The molecule has 2 heterocycles. The lowest BCUT2D eigenvalue weighted by Crippen LogP contribution is -2.30. The normalized spacial score (nSPS) is 11.2. The van der Waals surface area contributed by atoms with Gasteiger partial charge in [0.15, 0.2) is 11.5 Å². The van der Waals surface area contributed by atoms with E-state index < -0.39 is 23.3 Å². The van der Waals surface area contributed by atoms with Crippen molar-refractivity contribution >= 4 is 21.8 Å². The Balaban J connectivity index is 1.72. The Kier molecular flexibility index (Phi) is 6.55. The summed E-state index contributed by atoms with van der Waals surface area (Å²) in [5, 5.41) is 13.3. The number of aromatic nitrogens is 4. The molecule has 30 heavy (non-hydrogen) atoms. The molecule has 12 heteroatoms. The molecule has 0 bridgehead atoms. The van der Waals surface area contributed by atoms with Crippen LogP contribution in [0.15, 0.2) is 47.1 Å². The molecule has 8 nitrogen and oxygen atoms in total. The third-order valence-electron chi connectivity index (χ3n) is 3.79. The van der Waals surface area contributed by atoms with Gasteiger partial charge in [0.25, 0.3) is 5.91 Å². The van der Waals surface area contributed by atoms with E-state index in [4.69, 9.17) is 9.47 Å². The average Bonchev–Trinajstić information content (AvgIpc) is 3.17. The van der Waals surface area contributed by atoms with Crippen LogP contribution in [0, 0.1) is 0 Å². The first-order valence-corrected chi connectivity index (χ1v) is 9.29. The zero-order chi connectivity index (χ0) is 21.7. The maximum Gasteiger partial charge on any atom is 0.434 e. The van der Waals surface area contributed by atoms with Crippen LogP contribution in [0.3, 0.4) is 0 Å². The lowest BCUT2D eigenvalue weighted by molar-refractivity contribution is -0.143. The van der Waals surface area contributed by atoms with E-state index >= 15 is 0 Å². The molecule has 0 atom stereocenters. The molecule has 0 aliphatic carbocycles. The maximum atomic E-state index is 13.6. The fourth-order valence-electron chi connectivity index (χ4n) is 2.48. The van der Waals surface area contributed by atoms with Gasteiger partial charge >= 0.3 is 6.18 Å². The van der Waals surface area contributed by atoms with Gasteiger partial charge in [0.1, 0.15) is 12.4 Å². The molecule has 0 saturated heterocycles. The lowest BCUT2D eigenvalue weighted by Gasteiger charge is -2.12. The van der Waals surface area contributed by atoms with Crippen LogP contribution >= 0.6 is 15.9 Å². The van der Waals surface area contributed by atoms with Crippen molar-refractivity contribution in [3.8, 4) is 17.4 Å². The van der Waals surface area contributed by atoms with Gasteiger partial charge in [0.05, 0.1) is 25.4 Å². The van der Waals surface area contributed by atoms with Crippen molar-refractivity contribution < 1.29 is 27.4 Å². The number of methoxy groups -OCH3 is 1. The van der Waals surface area contributed by atoms with Crippen molar-refractivity contribution in [1.82, 2.24) is 25.3 Å². The third kappa shape index (κ3) is 5.06. The number of nitrogens with one attached hydrogen (secondary N) is 1. The number of amides is 1. The van der Waals surface area contributed by atoms with Crippen molar-refractivity contribution in [2.75, 3.05) is 20.3 Å². The third-order valence-corrected chi connectivity index (χ3v) is 4.28. The number of alkyl halides is 3. The highest BCUT2D eigenvalue weighted by molar-refractivity contribution is 9.10. The predicted octanol–water partition coefficient (Wildman–Crippen LogP) is 3.26. The summed E-state index contributed by atoms with van der Waals surface area (Å²) in [6.07, 6.45) is -4.02. The molecule has 1 amide bonds. The van der Waals surface area contributed by atoms with E-state index in [9.17, 15) is 18.0 Å². The first-order valence-electron chi connectivity index (χ1n) is 8.49. The largest absolute Gasteiger partial charge is 0.492 e. The molecule has 1 aromatic carbocycles. The summed E-state index contributed by atoms with van der Waals surface area (Å²) in [5.74, 6) is -0.462. The standard InChI is InChI=1S/C18H15BrF3N5O3/c1-29-15-6-5-14(25-26-15)27-16(18(20,21)22)13(10-24-27)17(28)23-7-8-30-12-4-2-3-11(19)9-12/h2-6,9-10H,7-8H2,1H3,(H,23,28). The van der Waals surface area contributed by atoms with Crippen LogP contribution in [0.1, 0.15) is 16.1 Å². The van der Waals surface area contributed by atoms with E-state index in [0.29, 0.717) is 10.4 Å². The van der Waals surface area contributed by atoms with Crippen LogP contribution in [-0.4, -0.2) is 46.1 Å². The van der Waals surface area contributed by atoms with Gasteiger partial charge < -0.3 is 14.8 Å². The minimum absolute atomic E-state index is 0.00380. The number of nitrogens with zero attached hydrogens (tertiary/aromatic N) is 4. The van der Waals surface area contributed by atoms with Gasteiger partial charge in [-0.1, -0.05) is 22.0 Å². The Morgan fingerprint density at radius 3 is 2.67 bits per heavy atom. The van der Waals surface area contributed by atoms with E-state index in [1.807, 2.05) is 6.07 Å². The van der Waals surface area contributed by atoms with Crippen LogP contribution in [0.4, 0.5) is 13.2 Å². The summed E-state index contributed by atoms with van der Waals surface area (Å²) >= 11 is 3.30. The van der Waals surface area contributed by atoms with Gasteiger partial charge in [-0.3, -0.25) is 4.79 Å². The molecular weight excluding hydrogens is 471 g/mol. The number of hydrogen-bond donors (Lipinski definition) is 1. The number of rotatable bonds is 7. The molecule has 3 rings (SSSR count). The highest BCUT2D eigenvalue weighted by Crippen LogP contribution is 2.33. The quantitative estimate of drug-likeness (QED) is 0.516. The highest BCUT2D eigenvalue weighted by Gasteiger charge is 2.41. The summed E-state index contributed by atoms with van der Waals surface area (Å²) in [6.45, 7) is 0.0673. The number of hydrogen-bond acceptors (Lipinski definition) is 6. The topological polar surface area (TPSA) is 91.2 Å². The van der Waals surface area contributed by atoms with E-state index in [0.717, 1.165) is 10.7 Å². The van der Waals surface area contributed by atoms with Crippen LogP contribution in [0.2, 0.25) is 0 Å². The second-order valence-corrected chi connectivity index (χ2v) is 6.73.